The number of halogens is 1. The summed E-state index contributed by atoms with van der Waals surface area (Å²) in [6.07, 6.45) is 6.35. The Hall–Kier alpha value is -3.35. The normalized spacial score (nSPS) is 10.9. The number of hydrogen-bond donors (Lipinski definition) is 4. The second-order valence-corrected chi connectivity index (χ2v) is 7.31. The molecule has 2 aromatic heterocycles. The topological polar surface area (TPSA) is 137 Å². The third kappa shape index (κ3) is 9.65. The third-order valence-corrected chi connectivity index (χ3v) is 4.60. The summed E-state index contributed by atoms with van der Waals surface area (Å²) >= 11 is 0. The largest absolute Gasteiger partial charge is 0.378 e. The molecule has 0 amide bonds. The fourth-order valence-corrected chi connectivity index (χ4v) is 2.92. The lowest BCUT2D eigenvalue weighted by Gasteiger charge is -2.12. The number of nitrogens with zero attached hydrogens (tertiary/aromatic N) is 5. The molecule has 34 heavy (non-hydrogen) atoms. The number of nitrogens with one attached hydrogen (secondary N) is 3. The smallest absolute Gasteiger partial charge is 0.229 e. The molecule has 0 bridgehead atoms. The first-order chi connectivity index (χ1) is 16.7. The monoisotopic (exact) mass is 473 g/mol. The zero-order chi connectivity index (χ0) is 23.8. The van der Waals surface area contributed by atoms with Crippen molar-refractivity contribution < 1.29 is 13.9 Å². The molecular weight excluding hydrogens is 441 g/mol. The van der Waals surface area contributed by atoms with Gasteiger partial charge in [-0.2, -0.15) is 15.0 Å². The fraction of sp³-hybridized carbons (Fsp3) is 0.455. The molecule has 0 aliphatic heterocycles. The van der Waals surface area contributed by atoms with Crippen molar-refractivity contribution in [3.63, 3.8) is 0 Å². The fourth-order valence-electron chi connectivity index (χ4n) is 2.92. The van der Waals surface area contributed by atoms with Crippen LogP contribution in [0, 0.1) is 5.82 Å². The van der Waals surface area contributed by atoms with Crippen LogP contribution in [0.5, 0.6) is 0 Å². The lowest BCUT2D eigenvalue weighted by Crippen LogP contribution is -2.17. The summed E-state index contributed by atoms with van der Waals surface area (Å²) in [6.45, 7) is 5.01. The zero-order valence-electron chi connectivity index (χ0n) is 19.1. The van der Waals surface area contributed by atoms with Gasteiger partial charge in [-0.1, -0.05) is 12.1 Å². The van der Waals surface area contributed by atoms with Crippen molar-refractivity contribution >= 4 is 17.8 Å². The summed E-state index contributed by atoms with van der Waals surface area (Å²) in [4.78, 5) is 17.4. The molecule has 0 saturated carbocycles. The first-order valence-corrected chi connectivity index (χ1v) is 11.3. The van der Waals surface area contributed by atoms with Gasteiger partial charge in [0.1, 0.15) is 5.82 Å². The lowest BCUT2D eigenvalue weighted by molar-refractivity contribution is 0.0547. The molecule has 0 aliphatic rings. The van der Waals surface area contributed by atoms with E-state index in [0.717, 1.165) is 18.5 Å². The van der Waals surface area contributed by atoms with Crippen molar-refractivity contribution in [3.8, 4) is 0 Å². The Kier molecular flexibility index (Phi) is 10.9. The number of hydrogen-bond acceptors (Lipinski definition) is 10. The number of nitrogens with two attached hydrogens (primary N) is 1. The minimum Gasteiger partial charge on any atom is -0.378 e. The summed E-state index contributed by atoms with van der Waals surface area (Å²) in [5, 5.41) is 9.57. The number of imidazole rings is 1. The van der Waals surface area contributed by atoms with E-state index >= 15 is 0 Å². The highest BCUT2D eigenvalue weighted by Crippen LogP contribution is 2.11. The second-order valence-electron chi connectivity index (χ2n) is 7.31. The summed E-state index contributed by atoms with van der Waals surface area (Å²) in [5.74, 6) is 1.03. The maximum atomic E-state index is 13.1. The zero-order valence-corrected chi connectivity index (χ0v) is 19.1. The van der Waals surface area contributed by atoms with Crippen LogP contribution in [0.15, 0.2) is 43.0 Å². The molecule has 12 heteroatoms. The minimum atomic E-state index is -0.272. The van der Waals surface area contributed by atoms with Gasteiger partial charge in [-0.25, -0.2) is 9.37 Å². The van der Waals surface area contributed by atoms with E-state index in [1.807, 2.05) is 10.8 Å². The number of ether oxygens (including phenoxy) is 2. The number of benzene rings is 1. The SMILES string of the molecule is NCCOCCOCCNc1nc(NCCCn2ccnc2)nc(NCc2ccc(F)cc2)n1. The van der Waals surface area contributed by atoms with Gasteiger partial charge in [-0.15, -0.1) is 0 Å². The highest BCUT2D eigenvalue weighted by atomic mass is 19.1. The Morgan fingerprint density at radius 3 is 2.21 bits per heavy atom. The van der Waals surface area contributed by atoms with E-state index in [-0.39, 0.29) is 5.82 Å². The van der Waals surface area contributed by atoms with Gasteiger partial charge in [0.25, 0.3) is 0 Å². The molecule has 184 valence electrons. The third-order valence-electron chi connectivity index (χ3n) is 4.60. The Labute approximate surface area is 198 Å². The molecule has 0 saturated heterocycles. The van der Waals surface area contributed by atoms with Gasteiger partial charge in [0.15, 0.2) is 0 Å². The highest BCUT2D eigenvalue weighted by molar-refractivity contribution is 5.42. The molecule has 3 rings (SSSR count). The van der Waals surface area contributed by atoms with Crippen LogP contribution in [0.4, 0.5) is 22.2 Å². The van der Waals surface area contributed by atoms with E-state index in [2.05, 4.69) is 35.9 Å². The summed E-state index contributed by atoms with van der Waals surface area (Å²) < 4.78 is 26.0. The maximum absolute atomic E-state index is 13.1. The summed E-state index contributed by atoms with van der Waals surface area (Å²) in [7, 11) is 0. The van der Waals surface area contributed by atoms with Crippen LogP contribution in [0.25, 0.3) is 0 Å². The van der Waals surface area contributed by atoms with Crippen molar-refractivity contribution in [2.75, 3.05) is 62.0 Å². The van der Waals surface area contributed by atoms with Gasteiger partial charge >= 0.3 is 0 Å². The average Bonchev–Trinajstić information content (AvgIpc) is 3.37. The summed E-state index contributed by atoms with van der Waals surface area (Å²) in [5.41, 5.74) is 6.29. The molecule has 1 aromatic carbocycles. The van der Waals surface area contributed by atoms with Crippen molar-refractivity contribution in [2.24, 2.45) is 5.73 Å². The number of rotatable bonds is 17. The van der Waals surface area contributed by atoms with Gasteiger partial charge < -0.3 is 35.7 Å². The standard InChI is InChI=1S/C22H32FN9O2/c23-19-4-2-18(3-5-19)16-28-22-30-20(26-7-1-10-32-11-8-25-17-32)29-21(31-22)27-9-13-34-15-14-33-12-6-24/h2-5,8,11,17H,1,6-7,9-10,12-16,24H2,(H3,26,27,28,29,30,31). The van der Waals surface area contributed by atoms with Crippen LogP contribution >= 0.6 is 0 Å². The van der Waals surface area contributed by atoms with E-state index < -0.39 is 0 Å². The van der Waals surface area contributed by atoms with Gasteiger partial charge in [0.05, 0.1) is 32.8 Å². The molecular formula is C22H32FN9O2. The van der Waals surface area contributed by atoms with Crippen molar-refractivity contribution in [3.05, 3.63) is 54.4 Å². The first kappa shape index (κ1) is 25.3. The second kappa shape index (κ2) is 14.7. The van der Waals surface area contributed by atoms with Crippen LogP contribution < -0.4 is 21.7 Å². The molecule has 11 nitrogen and oxygen atoms in total. The summed E-state index contributed by atoms with van der Waals surface area (Å²) in [6, 6.07) is 6.27. The molecule has 3 aromatic rings. The van der Waals surface area contributed by atoms with Gasteiger partial charge in [0, 0.05) is 45.1 Å². The molecule has 0 spiro atoms. The predicted octanol–water partition coefficient (Wildman–Crippen LogP) is 1.73. The molecule has 0 aliphatic carbocycles. The molecule has 0 unspecified atom stereocenters. The van der Waals surface area contributed by atoms with Gasteiger partial charge in [-0.05, 0) is 24.1 Å². The maximum Gasteiger partial charge on any atom is 0.229 e. The molecule has 0 fully saturated rings. The first-order valence-electron chi connectivity index (χ1n) is 11.3. The minimum absolute atomic E-state index is 0.272. The highest BCUT2D eigenvalue weighted by Gasteiger charge is 2.07. The van der Waals surface area contributed by atoms with Crippen LogP contribution in [-0.4, -0.2) is 70.6 Å². The van der Waals surface area contributed by atoms with Gasteiger partial charge in [0.2, 0.25) is 17.8 Å². The predicted molar refractivity (Wildman–Crippen MR) is 128 cm³/mol. The quantitative estimate of drug-likeness (QED) is 0.215. The molecule has 0 radical (unpaired) electrons. The number of anilines is 3. The Bertz CT molecular complexity index is 942. The van der Waals surface area contributed by atoms with Crippen LogP contribution in [0.1, 0.15) is 12.0 Å². The Morgan fingerprint density at radius 1 is 0.853 bits per heavy atom. The van der Waals surface area contributed by atoms with E-state index in [0.29, 0.717) is 70.5 Å². The van der Waals surface area contributed by atoms with Crippen molar-refractivity contribution in [1.82, 2.24) is 24.5 Å². The Balaban J connectivity index is 1.51. The van der Waals surface area contributed by atoms with E-state index in [1.165, 1.54) is 12.1 Å². The van der Waals surface area contributed by atoms with E-state index in [1.54, 1.807) is 24.7 Å². The Morgan fingerprint density at radius 2 is 1.53 bits per heavy atom. The number of aromatic nitrogens is 5. The average molecular weight is 474 g/mol. The van der Waals surface area contributed by atoms with Crippen molar-refractivity contribution in [1.29, 1.82) is 0 Å². The number of aryl methyl sites for hydroxylation is 1. The van der Waals surface area contributed by atoms with Gasteiger partial charge in [-0.3, -0.25) is 0 Å². The van der Waals surface area contributed by atoms with Crippen LogP contribution in [0.3, 0.4) is 0 Å². The van der Waals surface area contributed by atoms with E-state index in [4.69, 9.17) is 15.2 Å². The lowest BCUT2D eigenvalue weighted by atomic mass is 10.2. The van der Waals surface area contributed by atoms with Crippen LogP contribution in [0.2, 0.25) is 0 Å². The van der Waals surface area contributed by atoms with Crippen molar-refractivity contribution in [2.45, 2.75) is 19.5 Å². The van der Waals surface area contributed by atoms with E-state index in [9.17, 15) is 4.39 Å². The molecule has 5 N–H and O–H groups in total. The molecule has 2 heterocycles. The van der Waals surface area contributed by atoms with Crippen LogP contribution in [-0.2, 0) is 22.6 Å². The molecule has 0 atom stereocenters.